The van der Waals surface area contributed by atoms with E-state index in [2.05, 4.69) is 18.8 Å². The van der Waals surface area contributed by atoms with Gasteiger partial charge in [-0.2, -0.15) is 0 Å². The molecule has 3 nitrogen and oxygen atoms in total. The molecule has 0 spiro atoms. The largest absolute Gasteiger partial charge is 0.388 e. The van der Waals surface area contributed by atoms with Crippen molar-refractivity contribution in [2.24, 2.45) is 16.8 Å². The minimum Gasteiger partial charge on any atom is -0.388 e. The summed E-state index contributed by atoms with van der Waals surface area (Å²) in [6.45, 7) is 6.90. The second kappa shape index (κ2) is 6.16. The molecule has 0 saturated carbocycles. The van der Waals surface area contributed by atoms with E-state index in [0.717, 1.165) is 12.1 Å². The first-order chi connectivity index (χ1) is 7.60. The molecule has 1 aliphatic rings. The fourth-order valence-corrected chi connectivity index (χ4v) is 2.22. The normalized spacial score (nSPS) is 34.3. The molecule has 3 unspecified atom stereocenters. The van der Waals surface area contributed by atoms with Gasteiger partial charge in [0.25, 0.3) is 0 Å². The van der Waals surface area contributed by atoms with Crippen LogP contribution in [0.15, 0.2) is 17.1 Å². The summed E-state index contributed by atoms with van der Waals surface area (Å²) in [6.07, 6.45) is 4.47. The smallest absolute Gasteiger partial charge is 0.0801 e. The number of rotatable bonds is 4. The summed E-state index contributed by atoms with van der Waals surface area (Å²) < 4.78 is 5.09. The van der Waals surface area contributed by atoms with E-state index in [-0.39, 0.29) is 18.1 Å². The second-order valence-electron chi connectivity index (χ2n) is 4.54. The van der Waals surface area contributed by atoms with Crippen LogP contribution in [0.5, 0.6) is 0 Å². The van der Waals surface area contributed by atoms with E-state index in [4.69, 9.17) is 4.74 Å². The summed E-state index contributed by atoms with van der Waals surface area (Å²) >= 11 is 0. The van der Waals surface area contributed by atoms with Gasteiger partial charge in [0.1, 0.15) is 0 Å². The highest BCUT2D eigenvalue weighted by molar-refractivity contribution is 5.92. The number of ether oxygens (including phenoxy) is 1. The number of nitrogens with zero attached hydrogens (tertiary/aromatic N) is 1. The molecule has 1 N–H and O–H groups in total. The third kappa shape index (κ3) is 3.16. The minimum absolute atomic E-state index is 0.162. The quantitative estimate of drug-likeness (QED) is 0.744. The van der Waals surface area contributed by atoms with E-state index in [0.29, 0.717) is 12.5 Å². The van der Waals surface area contributed by atoms with Crippen LogP contribution in [0, 0.1) is 11.8 Å². The van der Waals surface area contributed by atoms with E-state index >= 15 is 0 Å². The summed E-state index contributed by atoms with van der Waals surface area (Å²) in [4.78, 5) is 4.69. The molecule has 0 aromatic carbocycles. The molecule has 0 aromatic rings. The van der Waals surface area contributed by atoms with Crippen molar-refractivity contribution in [2.75, 3.05) is 13.7 Å². The van der Waals surface area contributed by atoms with Gasteiger partial charge < -0.3 is 9.84 Å². The molecule has 16 heavy (non-hydrogen) atoms. The lowest BCUT2D eigenvalue weighted by Crippen LogP contribution is -2.34. The Bertz CT molecular complexity index is 273. The van der Waals surface area contributed by atoms with Gasteiger partial charge in [-0.15, -0.1) is 0 Å². The predicted molar refractivity (Wildman–Crippen MR) is 66.9 cm³/mol. The number of hydrogen-bond donors (Lipinski definition) is 1. The Morgan fingerprint density at radius 3 is 2.75 bits per heavy atom. The first kappa shape index (κ1) is 13.4. The highest BCUT2D eigenvalue weighted by atomic mass is 16.5. The van der Waals surface area contributed by atoms with Gasteiger partial charge in [0, 0.05) is 24.7 Å². The lowest BCUT2D eigenvalue weighted by atomic mass is 9.81. The molecule has 3 heteroatoms. The number of allylic oxidation sites excluding steroid dienone is 1. The molecular formula is C13H23NO2. The van der Waals surface area contributed by atoms with E-state index in [1.807, 2.05) is 19.1 Å². The molecule has 4 atom stereocenters. The lowest BCUT2D eigenvalue weighted by molar-refractivity contribution is 0.173. The summed E-state index contributed by atoms with van der Waals surface area (Å²) in [5.41, 5.74) is 1.11. The Labute approximate surface area is 98.2 Å². The zero-order chi connectivity index (χ0) is 12.1. The van der Waals surface area contributed by atoms with Crippen LogP contribution in [0.4, 0.5) is 0 Å². The number of aliphatic imine (C=N–C) groups is 1. The van der Waals surface area contributed by atoms with Gasteiger partial charge in [-0.05, 0) is 13.3 Å². The van der Waals surface area contributed by atoms with Gasteiger partial charge in [0.15, 0.2) is 0 Å². The van der Waals surface area contributed by atoms with E-state index in [9.17, 15) is 5.11 Å². The van der Waals surface area contributed by atoms with Crippen molar-refractivity contribution in [1.29, 1.82) is 0 Å². The number of methoxy groups -OCH3 is 1. The predicted octanol–water partition coefficient (Wildman–Crippen LogP) is 2.06. The maximum atomic E-state index is 9.90. The van der Waals surface area contributed by atoms with E-state index in [1.165, 1.54) is 0 Å². The summed E-state index contributed by atoms with van der Waals surface area (Å²) in [5, 5.41) is 9.90. The van der Waals surface area contributed by atoms with Crippen molar-refractivity contribution in [2.45, 2.75) is 39.3 Å². The van der Waals surface area contributed by atoms with Crippen molar-refractivity contribution in [3.8, 4) is 0 Å². The van der Waals surface area contributed by atoms with Gasteiger partial charge >= 0.3 is 0 Å². The SMILES string of the molecule is CCC1C(=N[C@@H](C)COC)C(C)C=CC1O. The molecule has 1 rings (SSSR count). The Morgan fingerprint density at radius 2 is 2.19 bits per heavy atom. The topological polar surface area (TPSA) is 41.8 Å². The van der Waals surface area contributed by atoms with Crippen LogP contribution in [0.1, 0.15) is 27.2 Å². The number of aliphatic hydroxyl groups is 1. The molecule has 0 fully saturated rings. The van der Waals surface area contributed by atoms with Crippen molar-refractivity contribution in [3.63, 3.8) is 0 Å². The standard InChI is InChI=1S/C13H23NO2/c1-5-11-12(15)7-6-9(2)13(11)14-10(3)8-16-4/h6-7,9-12,15H,5,8H2,1-4H3/t9?,10-,11?,12?/m0/s1. The van der Waals surface area contributed by atoms with Crippen LogP contribution in [-0.4, -0.2) is 36.7 Å². The molecule has 0 saturated heterocycles. The van der Waals surface area contributed by atoms with Gasteiger partial charge in [0.2, 0.25) is 0 Å². The minimum atomic E-state index is -0.380. The van der Waals surface area contributed by atoms with Crippen LogP contribution in [0.3, 0.4) is 0 Å². The molecule has 0 radical (unpaired) electrons. The van der Waals surface area contributed by atoms with Crippen LogP contribution in [0.2, 0.25) is 0 Å². The molecule has 0 amide bonds. The first-order valence-electron chi connectivity index (χ1n) is 6.03. The molecule has 92 valence electrons. The Morgan fingerprint density at radius 1 is 1.50 bits per heavy atom. The first-order valence-corrected chi connectivity index (χ1v) is 6.03. The molecule has 0 aromatic heterocycles. The van der Waals surface area contributed by atoms with Gasteiger partial charge in [-0.25, -0.2) is 0 Å². The van der Waals surface area contributed by atoms with Gasteiger partial charge in [-0.3, -0.25) is 4.99 Å². The van der Waals surface area contributed by atoms with Crippen LogP contribution in [-0.2, 0) is 4.74 Å². The maximum absolute atomic E-state index is 9.90. The molecule has 0 heterocycles. The highest BCUT2D eigenvalue weighted by Gasteiger charge is 2.28. The Kier molecular flexibility index (Phi) is 5.16. The fraction of sp³-hybridized carbons (Fsp3) is 0.769. The second-order valence-corrected chi connectivity index (χ2v) is 4.54. The zero-order valence-electron chi connectivity index (χ0n) is 10.7. The average Bonchev–Trinajstić information content (AvgIpc) is 2.24. The van der Waals surface area contributed by atoms with Crippen molar-refractivity contribution >= 4 is 5.71 Å². The number of aliphatic hydroxyl groups excluding tert-OH is 1. The average molecular weight is 225 g/mol. The Hall–Kier alpha value is -0.670. The third-order valence-electron chi connectivity index (χ3n) is 3.07. The monoisotopic (exact) mass is 225 g/mol. The molecule has 0 aliphatic heterocycles. The number of hydrogen-bond acceptors (Lipinski definition) is 3. The summed E-state index contributed by atoms with van der Waals surface area (Å²) in [7, 11) is 1.69. The summed E-state index contributed by atoms with van der Waals surface area (Å²) in [6, 6.07) is 0.162. The van der Waals surface area contributed by atoms with Crippen LogP contribution < -0.4 is 0 Å². The van der Waals surface area contributed by atoms with Gasteiger partial charge in [0.05, 0.1) is 18.8 Å². The van der Waals surface area contributed by atoms with E-state index in [1.54, 1.807) is 7.11 Å². The maximum Gasteiger partial charge on any atom is 0.0801 e. The summed E-state index contributed by atoms with van der Waals surface area (Å²) in [5.74, 6) is 0.493. The van der Waals surface area contributed by atoms with Crippen molar-refractivity contribution in [3.05, 3.63) is 12.2 Å². The molecular weight excluding hydrogens is 202 g/mol. The van der Waals surface area contributed by atoms with Crippen molar-refractivity contribution < 1.29 is 9.84 Å². The van der Waals surface area contributed by atoms with Crippen LogP contribution >= 0.6 is 0 Å². The molecule has 1 aliphatic carbocycles. The lowest BCUT2D eigenvalue weighted by Gasteiger charge is -2.29. The van der Waals surface area contributed by atoms with Gasteiger partial charge in [-0.1, -0.05) is 26.0 Å². The Balaban J connectivity index is 2.85. The van der Waals surface area contributed by atoms with Crippen LogP contribution in [0.25, 0.3) is 0 Å². The van der Waals surface area contributed by atoms with Crippen molar-refractivity contribution in [1.82, 2.24) is 0 Å². The zero-order valence-corrected chi connectivity index (χ0v) is 10.7. The highest BCUT2D eigenvalue weighted by Crippen LogP contribution is 2.24. The van der Waals surface area contributed by atoms with E-state index < -0.39 is 0 Å². The fourth-order valence-electron chi connectivity index (χ4n) is 2.22. The third-order valence-corrected chi connectivity index (χ3v) is 3.07. The molecule has 0 bridgehead atoms.